The molecule has 0 fully saturated rings. The third kappa shape index (κ3) is 2.06. The van der Waals surface area contributed by atoms with E-state index in [0.717, 1.165) is 31.5 Å². The average molecular weight is 328 g/mol. The van der Waals surface area contributed by atoms with Gasteiger partial charge in [-0.25, -0.2) is 9.78 Å². The van der Waals surface area contributed by atoms with Crippen LogP contribution < -0.4 is 0 Å². The number of aromatic nitrogens is 1. The fourth-order valence-electron chi connectivity index (χ4n) is 1.83. The van der Waals surface area contributed by atoms with Crippen LogP contribution in [0.3, 0.4) is 0 Å². The average Bonchev–Trinajstić information content (AvgIpc) is 2.64. The molecule has 2 rings (SSSR count). The molecule has 0 aliphatic heterocycles. The summed E-state index contributed by atoms with van der Waals surface area (Å²) in [6, 6.07) is 0. The highest BCUT2D eigenvalue weighted by molar-refractivity contribution is 9.10. The lowest BCUT2D eigenvalue weighted by atomic mass is 10.1. The number of pyridine rings is 1. The second-order valence-corrected chi connectivity index (χ2v) is 5.89. The first kappa shape index (κ1) is 13.5. The van der Waals surface area contributed by atoms with Crippen LogP contribution in [0.2, 0.25) is 0 Å². The van der Waals surface area contributed by atoms with Crippen molar-refractivity contribution in [2.75, 3.05) is 6.61 Å². The van der Waals surface area contributed by atoms with Gasteiger partial charge < -0.3 is 4.74 Å². The number of fused-ring (bicyclic) bond motifs is 1. The Hall–Kier alpha value is -0.940. The number of thiophene rings is 1. The Morgan fingerprint density at radius 2 is 2.00 bits per heavy atom. The number of rotatable bonds is 2. The number of halogens is 1. The van der Waals surface area contributed by atoms with Crippen molar-refractivity contribution >= 4 is 43.5 Å². The summed E-state index contributed by atoms with van der Waals surface area (Å²) in [6.45, 7) is 8.27. The quantitative estimate of drug-likeness (QED) is 0.777. The van der Waals surface area contributed by atoms with E-state index in [0.29, 0.717) is 11.5 Å². The normalized spacial score (nSPS) is 10.9. The second kappa shape index (κ2) is 4.97. The minimum absolute atomic E-state index is 0.290. The van der Waals surface area contributed by atoms with Crippen LogP contribution in [0.1, 0.15) is 33.4 Å². The highest BCUT2D eigenvalue weighted by atomic mass is 79.9. The predicted molar refractivity (Wildman–Crippen MR) is 77.5 cm³/mol. The monoisotopic (exact) mass is 327 g/mol. The third-order valence-corrected chi connectivity index (χ3v) is 5.16. The van der Waals surface area contributed by atoms with Gasteiger partial charge in [-0.3, -0.25) is 0 Å². The van der Waals surface area contributed by atoms with Gasteiger partial charge in [0.2, 0.25) is 0 Å². The molecule has 0 amide bonds. The van der Waals surface area contributed by atoms with Crippen molar-refractivity contribution in [3.63, 3.8) is 0 Å². The van der Waals surface area contributed by atoms with Crippen molar-refractivity contribution in [3.05, 3.63) is 26.2 Å². The molecule has 0 spiro atoms. The van der Waals surface area contributed by atoms with E-state index >= 15 is 0 Å². The van der Waals surface area contributed by atoms with Crippen LogP contribution in [0.15, 0.2) is 4.47 Å². The van der Waals surface area contributed by atoms with E-state index in [4.69, 9.17) is 4.74 Å². The number of aryl methyl sites for hydroxylation is 2. The van der Waals surface area contributed by atoms with Crippen LogP contribution in [0, 0.1) is 20.8 Å². The predicted octanol–water partition coefficient (Wildman–Crippen LogP) is 4.16. The van der Waals surface area contributed by atoms with Crippen molar-refractivity contribution in [2.24, 2.45) is 0 Å². The molecule has 96 valence electrons. The Morgan fingerprint density at radius 3 is 2.61 bits per heavy atom. The van der Waals surface area contributed by atoms with Gasteiger partial charge in [0.05, 0.1) is 11.1 Å². The molecule has 2 heterocycles. The third-order valence-electron chi connectivity index (χ3n) is 3.04. The number of hydrogen-bond acceptors (Lipinski definition) is 4. The van der Waals surface area contributed by atoms with E-state index in [1.54, 1.807) is 6.92 Å². The second-order valence-electron chi connectivity index (χ2n) is 4.09. The summed E-state index contributed by atoms with van der Waals surface area (Å²) in [6.07, 6.45) is 0. The van der Waals surface area contributed by atoms with Crippen LogP contribution >= 0.6 is 27.3 Å². The Balaban J connectivity index is 2.71. The van der Waals surface area contributed by atoms with Gasteiger partial charge in [-0.05, 0) is 54.8 Å². The van der Waals surface area contributed by atoms with E-state index in [1.807, 2.05) is 13.8 Å². The van der Waals surface area contributed by atoms with Gasteiger partial charge in [0.1, 0.15) is 9.71 Å². The summed E-state index contributed by atoms with van der Waals surface area (Å²) < 4.78 is 5.85. The zero-order valence-corrected chi connectivity index (χ0v) is 13.2. The van der Waals surface area contributed by atoms with Crippen LogP contribution in [-0.2, 0) is 4.74 Å². The molecule has 0 aromatic carbocycles. The van der Waals surface area contributed by atoms with Gasteiger partial charge in [0.25, 0.3) is 0 Å². The van der Waals surface area contributed by atoms with E-state index in [-0.39, 0.29) is 5.97 Å². The SMILES string of the molecule is CCOC(=O)c1sc2nc(C)c(C)c(C)c2c1Br. The lowest BCUT2D eigenvalue weighted by Gasteiger charge is -2.05. The Bertz CT molecular complexity index is 634. The lowest BCUT2D eigenvalue weighted by molar-refractivity contribution is 0.0531. The summed E-state index contributed by atoms with van der Waals surface area (Å²) in [5.74, 6) is -0.290. The molecule has 5 heteroatoms. The Kier molecular flexibility index (Phi) is 3.73. The maximum Gasteiger partial charge on any atom is 0.349 e. The first-order valence-electron chi connectivity index (χ1n) is 5.70. The number of carbonyl (C=O) groups is 1. The van der Waals surface area contributed by atoms with E-state index < -0.39 is 0 Å². The van der Waals surface area contributed by atoms with Gasteiger partial charge in [0, 0.05) is 11.1 Å². The van der Waals surface area contributed by atoms with E-state index in [1.165, 1.54) is 11.3 Å². The number of esters is 1. The molecule has 0 aliphatic rings. The van der Waals surface area contributed by atoms with Crippen LogP contribution in [-0.4, -0.2) is 17.6 Å². The minimum Gasteiger partial charge on any atom is -0.462 e. The fraction of sp³-hybridized carbons (Fsp3) is 0.385. The molecular formula is C13H14BrNO2S. The van der Waals surface area contributed by atoms with Crippen molar-refractivity contribution in [1.29, 1.82) is 0 Å². The maximum absolute atomic E-state index is 11.8. The van der Waals surface area contributed by atoms with Crippen LogP contribution in [0.25, 0.3) is 10.2 Å². The van der Waals surface area contributed by atoms with Gasteiger partial charge in [-0.15, -0.1) is 11.3 Å². The van der Waals surface area contributed by atoms with Crippen molar-refractivity contribution < 1.29 is 9.53 Å². The number of carbonyl (C=O) groups excluding carboxylic acids is 1. The Labute approximate surface area is 118 Å². The standard InChI is InChI=1S/C13H14BrNO2S/c1-5-17-13(16)11-10(14)9-7(3)6(2)8(4)15-12(9)18-11/h5H2,1-4H3. The summed E-state index contributed by atoms with van der Waals surface area (Å²) in [7, 11) is 0. The zero-order chi connectivity index (χ0) is 13.4. The summed E-state index contributed by atoms with van der Waals surface area (Å²) in [4.78, 5) is 17.9. The van der Waals surface area contributed by atoms with Crippen LogP contribution in [0.5, 0.6) is 0 Å². The van der Waals surface area contributed by atoms with Gasteiger partial charge in [0.15, 0.2) is 0 Å². The number of ether oxygens (including phenoxy) is 1. The molecule has 2 aromatic heterocycles. The number of nitrogens with zero attached hydrogens (tertiary/aromatic N) is 1. The molecule has 0 N–H and O–H groups in total. The molecule has 2 aromatic rings. The highest BCUT2D eigenvalue weighted by Crippen LogP contribution is 2.38. The molecule has 0 saturated heterocycles. The number of hydrogen-bond donors (Lipinski definition) is 0. The molecule has 3 nitrogen and oxygen atoms in total. The van der Waals surface area contributed by atoms with Crippen molar-refractivity contribution in [2.45, 2.75) is 27.7 Å². The minimum atomic E-state index is -0.290. The molecular weight excluding hydrogens is 314 g/mol. The topological polar surface area (TPSA) is 39.2 Å². The van der Waals surface area contributed by atoms with Gasteiger partial charge >= 0.3 is 5.97 Å². The molecule has 0 saturated carbocycles. The van der Waals surface area contributed by atoms with Crippen molar-refractivity contribution in [1.82, 2.24) is 4.98 Å². The fourth-order valence-corrected chi connectivity index (χ4v) is 3.91. The molecule has 0 atom stereocenters. The zero-order valence-electron chi connectivity index (χ0n) is 10.8. The smallest absolute Gasteiger partial charge is 0.349 e. The lowest BCUT2D eigenvalue weighted by Crippen LogP contribution is -2.02. The summed E-state index contributed by atoms with van der Waals surface area (Å²) in [5, 5.41) is 1.02. The van der Waals surface area contributed by atoms with Crippen molar-refractivity contribution in [3.8, 4) is 0 Å². The van der Waals surface area contributed by atoms with Gasteiger partial charge in [-0.2, -0.15) is 0 Å². The van der Waals surface area contributed by atoms with Crippen LogP contribution in [0.4, 0.5) is 0 Å². The first-order chi connectivity index (χ1) is 8.47. The van der Waals surface area contributed by atoms with Gasteiger partial charge in [-0.1, -0.05) is 0 Å². The molecule has 0 bridgehead atoms. The first-order valence-corrected chi connectivity index (χ1v) is 7.31. The molecule has 0 radical (unpaired) electrons. The highest BCUT2D eigenvalue weighted by Gasteiger charge is 2.21. The molecule has 18 heavy (non-hydrogen) atoms. The van der Waals surface area contributed by atoms with E-state index in [2.05, 4.69) is 27.8 Å². The molecule has 0 unspecified atom stereocenters. The molecule has 0 aliphatic carbocycles. The summed E-state index contributed by atoms with van der Waals surface area (Å²) in [5.41, 5.74) is 3.33. The summed E-state index contributed by atoms with van der Waals surface area (Å²) >= 11 is 4.88. The Morgan fingerprint density at radius 1 is 1.33 bits per heavy atom. The van der Waals surface area contributed by atoms with E-state index in [9.17, 15) is 4.79 Å². The largest absolute Gasteiger partial charge is 0.462 e. The maximum atomic E-state index is 11.8.